The summed E-state index contributed by atoms with van der Waals surface area (Å²) >= 11 is 0. The van der Waals surface area contributed by atoms with E-state index in [1.165, 1.54) is 12.1 Å². The molecule has 21 heavy (non-hydrogen) atoms. The molecule has 1 fully saturated rings. The van der Waals surface area contributed by atoms with Gasteiger partial charge in [-0.2, -0.15) is 18.3 Å². The fourth-order valence-corrected chi connectivity index (χ4v) is 1.99. The maximum Gasteiger partial charge on any atom is 0.435 e. The van der Waals surface area contributed by atoms with Gasteiger partial charge in [0.15, 0.2) is 18.3 Å². The van der Waals surface area contributed by atoms with Crippen molar-refractivity contribution in [3.63, 3.8) is 0 Å². The summed E-state index contributed by atoms with van der Waals surface area (Å²) in [4.78, 5) is 0. The summed E-state index contributed by atoms with van der Waals surface area (Å²) in [5.41, 5.74) is -0.109. The molecule has 0 bridgehead atoms. The van der Waals surface area contributed by atoms with E-state index in [1.54, 1.807) is 19.1 Å². The van der Waals surface area contributed by atoms with Gasteiger partial charge in [-0.1, -0.05) is 12.1 Å². The van der Waals surface area contributed by atoms with Crippen molar-refractivity contribution in [2.24, 2.45) is 0 Å². The van der Waals surface area contributed by atoms with Crippen molar-refractivity contribution >= 4 is 0 Å². The summed E-state index contributed by atoms with van der Waals surface area (Å²) < 4.78 is 49.0. The standard InChI is InChI=1S/C13H11F3N2O3/c1-7-20-12(21-7)8-2-4-9(5-3-8)18-11(19)6-10(17-18)13(14,15)16/h2-7,12,19H,1H3. The second kappa shape index (κ2) is 4.74. The van der Waals surface area contributed by atoms with Gasteiger partial charge in [0.1, 0.15) is 0 Å². The first kappa shape index (κ1) is 13.9. The van der Waals surface area contributed by atoms with E-state index < -0.39 is 24.0 Å². The molecule has 0 unspecified atom stereocenters. The van der Waals surface area contributed by atoms with Gasteiger partial charge >= 0.3 is 6.18 Å². The maximum atomic E-state index is 12.5. The molecule has 0 saturated carbocycles. The van der Waals surface area contributed by atoms with E-state index in [0.717, 1.165) is 10.2 Å². The predicted octanol–water partition coefficient (Wildman–Crippen LogP) is 2.99. The van der Waals surface area contributed by atoms with E-state index in [9.17, 15) is 18.3 Å². The molecule has 8 heteroatoms. The van der Waals surface area contributed by atoms with Crippen LogP contribution in [0.15, 0.2) is 30.3 Å². The van der Waals surface area contributed by atoms with E-state index in [2.05, 4.69) is 5.10 Å². The smallest absolute Gasteiger partial charge is 0.435 e. The van der Waals surface area contributed by atoms with Crippen LogP contribution in [0.3, 0.4) is 0 Å². The van der Waals surface area contributed by atoms with Gasteiger partial charge in [-0.05, 0) is 19.1 Å². The number of rotatable bonds is 2. The summed E-state index contributed by atoms with van der Waals surface area (Å²) in [5, 5.41) is 12.9. The van der Waals surface area contributed by atoms with Gasteiger partial charge in [0, 0.05) is 11.6 Å². The molecule has 2 heterocycles. The molecule has 0 atom stereocenters. The molecular weight excluding hydrogens is 289 g/mol. The molecule has 1 aliphatic rings. The molecule has 112 valence electrons. The first-order valence-corrected chi connectivity index (χ1v) is 6.12. The van der Waals surface area contributed by atoms with Crippen molar-refractivity contribution in [3.05, 3.63) is 41.6 Å². The number of ether oxygens (including phenoxy) is 2. The van der Waals surface area contributed by atoms with Crippen LogP contribution in [-0.2, 0) is 15.7 Å². The molecule has 1 aromatic heterocycles. The van der Waals surface area contributed by atoms with Crippen molar-refractivity contribution in [2.75, 3.05) is 0 Å². The fraction of sp³-hybridized carbons (Fsp3) is 0.308. The predicted molar refractivity (Wildman–Crippen MR) is 64.6 cm³/mol. The van der Waals surface area contributed by atoms with Crippen molar-refractivity contribution in [1.82, 2.24) is 9.78 Å². The highest BCUT2D eigenvalue weighted by atomic mass is 19.4. The van der Waals surface area contributed by atoms with Crippen molar-refractivity contribution < 1.29 is 27.8 Å². The van der Waals surface area contributed by atoms with Gasteiger partial charge in [-0.25, -0.2) is 4.68 Å². The minimum atomic E-state index is -4.60. The molecule has 5 nitrogen and oxygen atoms in total. The van der Waals surface area contributed by atoms with Crippen molar-refractivity contribution in [1.29, 1.82) is 0 Å². The third kappa shape index (κ3) is 2.59. The molecule has 1 aliphatic heterocycles. The highest BCUT2D eigenvalue weighted by molar-refractivity contribution is 5.38. The molecule has 1 saturated heterocycles. The molecule has 0 aliphatic carbocycles. The first-order chi connectivity index (χ1) is 9.84. The zero-order valence-corrected chi connectivity index (χ0v) is 10.8. The zero-order chi connectivity index (χ0) is 15.2. The van der Waals surface area contributed by atoms with E-state index in [4.69, 9.17) is 9.47 Å². The summed E-state index contributed by atoms with van der Waals surface area (Å²) in [6, 6.07) is 6.91. The molecule has 3 rings (SSSR count). The van der Waals surface area contributed by atoms with Crippen LogP contribution in [0.25, 0.3) is 5.69 Å². The van der Waals surface area contributed by atoms with E-state index in [0.29, 0.717) is 11.8 Å². The Morgan fingerprint density at radius 1 is 1.19 bits per heavy atom. The van der Waals surface area contributed by atoms with Crippen LogP contribution in [0.2, 0.25) is 0 Å². The quantitative estimate of drug-likeness (QED) is 0.926. The molecule has 1 N–H and O–H groups in total. The summed E-state index contributed by atoms with van der Waals surface area (Å²) in [6.45, 7) is 1.76. The van der Waals surface area contributed by atoms with Crippen LogP contribution < -0.4 is 0 Å². The van der Waals surface area contributed by atoms with Crippen LogP contribution in [0, 0.1) is 0 Å². The summed E-state index contributed by atoms with van der Waals surface area (Å²) in [5.74, 6) is -0.583. The second-order valence-corrected chi connectivity index (χ2v) is 4.56. The van der Waals surface area contributed by atoms with Crippen molar-refractivity contribution in [2.45, 2.75) is 25.7 Å². The van der Waals surface area contributed by atoms with Gasteiger partial charge in [0.25, 0.3) is 0 Å². The summed E-state index contributed by atoms with van der Waals surface area (Å²) in [7, 11) is 0. The van der Waals surface area contributed by atoms with Gasteiger partial charge in [-0.3, -0.25) is 0 Å². The minimum Gasteiger partial charge on any atom is -0.493 e. The Balaban J connectivity index is 1.86. The number of benzene rings is 1. The lowest BCUT2D eigenvalue weighted by molar-refractivity contribution is -0.382. The number of alkyl halides is 3. The van der Waals surface area contributed by atoms with Gasteiger partial charge in [-0.15, -0.1) is 0 Å². The summed E-state index contributed by atoms with van der Waals surface area (Å²) in [6.07, 6.45) is -5.34. The molecule has 1 aromatic carbocycles. The molecule has 0 radical (unpaired) electrons. The number of nitrogens with zero attached hydrogens (tertiary/aromatic N) is 2. The van der Waals surface area contributed by atoms with Crippen LogP contribution in [0.4, 0.5) is 13.2 Å². The molecule has 0 spiro atoms. The van der Waals surface area contributed by atoms with E-state index in [-0.39, 0.29) is 6.29 Å². The van der Waals surface area contributed by atoms with Gasteiger partial charge < -0.3 is 14.6 Å². The largest absolute Gasteiger partial charge is 0.493 e. The average Bonchev–Trinajstić information content (AvgIpc) is 2.77. The third-order valence-corrected chi connectivity index (χ3v) is 3.02. The van der Waals surface area contributed by atoms with Gasteiger partial charge in [0.05, 0.1) is 5.69 Å². The Bertz CT molecular complexity index is 646. The normalized spacial score (nSPS) is 22.1. The lowest BCUT2D eigenvalue weighted by atomic mass is 10.2. The lowest BCUT2D eigenvalue weighted by Crippen LogP contribution is -2.31. The number of halogens is 3. The van der Waals surface area contributed by atoms with Gasteiger partial charge in [0.2, 0.25) is 5.88 Å². The monoisotopic (exact) mass is 300 g/mol. The fourth-order valence-electron chi connectivity index (χ4n) is 1.99. The molecular formula is C13H11F3N2O3. The number of hydrogen-bond acceptors (Lipinski definition) is 4. The Morgan fingerprint density at radius 3 is 2.29 bits per heavy atom. The Hall–Kier alpha value is -2.06. The Kier molecular flexibility index (Phi) is 3.14. The van der Waals surface area contributed by atoms with Crippen LogP contribution in [0.5, 0.6) is 5.88 Å². The highest BCUT2D eigenvalue weighted by Crippen LogP contribution is 2.33. The number of hydrogen-bond donors (Lipinski definition) is 1. The molecule has 2 aromatic rings. The lowest BCUT2D eigenvalue weighted by Gasteiger charge is -2.33. The van der Waals surface area contributed by atoms with Crippen molar-refractivity contribution in [3.8, 4) is 11.6 Å². The SMILES string of the molecule is CC1OC(c2ccc(-n3nc(C(F)(F)F)cc3O)cc2)O1. The number of aromatic hydroxyl groups is 1. The molecule has 0 amide bonds. The Labute approximate surface area is 117 Å². The van der Waals surface area contributed by atoms with E-state index in [1.807, 2.05) is 0 Å². The minimum absolute atomic E-state index is 0.265. The zero-order valence-electron chi connectivity index (χ0n) is 10.8. The first-order valence-electron chi connectivity index (χ1n) is 6.12. The van der Waals surface area contributed by atoms with Crippen LogP contribution in [-0.4, -0.2) is 21.2 Å². The highest BCUT2D eigenvalue weighted by Gasteiger charge is 2.35. The van der Waals surface area contributed by atoms with E-state index >= 15 is 0 Å². The topological polar surface area (TPSA) is 56.5 Å². The average molecular weight is 300 g/mol. The Morgan fingerprint density at radius 2 is 1.81 bits per heavy atom. The maximum absolute atomic E-state index is 12.5. The third-order valence-electron chi connectivity index (χ3n) is 3.02. The van der Waals surface area contributed by atoms with Crippen LogP contribution in [0.1, 0.15) is 24.5 Å². The second-order valence-electron chi connectivity index (χ2n) is 4.56. The van der Waals surface area contributed by atoms with Crippen LogP contribution >= 0.6 is 0 Å². The number of aromatic nitrogens is 2.